The van der Waals surface area contributed by atoms with Gasteiger partial charge in [-0.3, -0.25) is 0 Å². The van der Waals surface area contributed by atoms with E-state index in [0.717, 1.165) is 5.56 Å². The van der Waals surface area contributed by atoms with Gasteiger partial charge in [-0.15, -0.1) is 0 Å². The van der Waals surface area contributed by atoms with Crippen molar-refractivity contribution in [1.29, 1.82) is 0 Å². The SMILES string of the molecule is CC1(C)O[C@@H]2[C@@H](CO[C@@](CO)(N=[N+]=[N-])[C@H]2OCc2ccccc2)O1. The van der Waals surface area contributed by atoms with Crippen molar-refractivity contribution in [3.63, 3.8) is 0 Å². The van der Waals surface area contributed by atoms with Gasteiger partial charge in [-0.25, -0.2) is 0 Å². The number of ether oxygens (including phenoxy) is 4. The van der Waals surface area contributed by atoms with Crippen molar-refractivity contribution in [2.45, 2.75) is 50.3 Å². The Bertz CT molecular complexity index is 619. The second kappa shape index (κ2) is 6.68. The minimum absolute atomic E-state index is 0.152. The number of aliphatic hydroxyl groups excluding tert-OH is 1. The molecule has 2 fully saturated rings. The molecule has 0 unspecified atom stereocenters. The fourth-order valence-electron chi connectivity index (χ4n) is 3.13. The maximum Gasteiger partial charge on any atom is 0.198 e. The van der Waals surface area contributed by atoms with Gasteiger partial charge in [-0.05, 0) is 24.9 Å². The summed E-state index contributed by atoms with van der Waals surface area (Å²) in [7, 11) is 0. The fourth-order valence-corrected chi connectivity index (χ4v) is 3.13. The van der Waals surface area contributed by atoms with E-state index in [4.69, 9.17) is 24.5 Å². The average Bonchev–Trinajstić information content (AvgIpc) is 2.89. The van der Waals surface area contributed by atoms with Gasteiger partial charge in [0.25, 0.3) is 0 Å². The molecule has 8 nitrogen and oxygen atoms in total. The number of azide groups is 1. The minimum Gasteiger partial charge on any atom is -0.393 e. The second-order valence-electron chi connectivity index (χ2n) is 6.36. The van der Waals surface area contributed by atoms with Crippen LogP contribution in [0, 0.1) is 0 Å². The van der Waals surface area contributed by atoms with E-state index in [-0.39, 0.29) is 19.3 Å². The first-order valence-electron chi connectivity index (χ1n) is 7.82. The molecule has 0 aromatic heterocycles. The molecule has 2 aliphatic heterocycles. The normalized spacial score (nSPS) is 34.4. The maximum atomic E-state index is 9.82. The number of hydrogen-bond donors (Lipinski definition) is 1. The fraction of sp³-hybridized carbons (Fsp3) is 0.625. The molecule has 0 saturated carbocycles. The summed E-state index contributed by atoms with van der Waals surface area (Å²) in [5.41, 5.74) is 8.32. The highest BCUT2D eigenvalue weighted by molar-refractivity contribution is 5.14. The van der Waals surface area contributed by atoms with Gasteiger partial charge >= 0.3 is 0 Å². The quantitative estimate of drug-likeness (QED) is 0.504. The Morgan fingerprint density at radius 2 is 2.08 bits per heavy atom. The first-order valence-corrected chi connectivity index (χ1v) is 7.82. The molecule has 24 heavy (non-hydrogen) atoms. The number of nitrogens with zero attached hydrogens (tertiary/aromatic N) is 3. The Balaban J connectivity index is 1.86. The molecule has 130 valence electrons. The molecule has 8 heteroatoms. The monoisotopic (exact) mass is 335 g/mol. The Morgan fingerprint density at radius 1 is 1.33 bits per heavy atom. The van der Waals surface area contributed by atoms with Crippen molar-refractivity contribution in [2.75, 3.05) is 13.2 Å². The van der Waals surface area contributed by atoms with Crippen LogP contribution in [0.2, 0.25) is 0 Å². The summed E-state index contributed by atoms with van der Waals surface area (Å²) in [5, 5.41) is 13.5. The van der Waals surface area contributed by atoms with Crippen molar-refractivity contribution in [3.05, 3.63) is 46.3 Å². The third-order valence-corrected chi connectivity index (χ3v) is 4.17. The van der Waals surface area contributed by atoms with Crippen LogP contribution in [0.25, 0.3) is 10.4 Å². The van der Waals surface area contributed by atoms with E-state index in [2.05, 4.69) is 10.0 Å². The zero-order chi connectivity index (χ0) is 17.2. The summed E-state index contributed by atoms with van der Waals surface area (Å²) in [4.78, 5) is 2.82. The van der Waals surface area contributed by atoms with Crippen LogP contribution in [0.3, 0.4) is 0 Å². The first-order chi connectivity index (χ1) is 11.5. The van der Waals surface area contributed by atoms with E-state index in [1.54, 1.807) is 13.8 Å². The highest BCUT2D eigenvalue weighted by atomic mass is 16.8. The van der Waals surface area contributed by atoms with Crippen molar-refractivity contribution in [2.24, 2.45) is 5.11 Å². The summed E-state index contributed by atoms with van der Waals surface area (Å²) < 4.78 is 23.4. The predicted octanol–water partition coefficient (Wildman–Crippen LogP) is 2.12. The smallest absolute Gasteiger partial charge is 0.198 e. The second-order valence-corrected chi connectivity index (χ2v) is 6.36. The van der Waals surface area contributed by atoms with E-state index in [9.17, 15) is 5.11 Å². The van der Waals surface area contributed by atoms with Gasteiger partial charge in [0.05, 0.1) is 19.8 Å². The molecule has 0 aliphatic carbocycles. The molecule has 0 bridgehead atoms. The minimum atomic E-state index is -1.53. The molecule has 1 N–H and O–H groups in total. The zero-order valence-corrected chi connectivity index (χ0v) is 13.7. The van der Waals surface area contributed by atoms with Gasteiger partial charge in [0, 0.05) is 4.91 Å². The molecular weight excluding hydrogens is 314 g/mol. The van der Waals surface area contributed by atoms with Gasteiger partial charge in [0.2, 0.25) is 0 Å². The number of rotatable bonds is 5. The van der Waals surface area contributed by atoms with Crippen molar-refractivity contribution in [3.8, 4) is 0 Å². The standard InChI is InChI=1S/C16H21N3O5/c1-15(2)23-12-9-22-16(10-20,18-19-17)14(13(12)24-15)21-8-11-6-4-3-5-7-11/h3-7,12-14,20H,8-10H2,1-2H3/t12-,13-,14+,16-/m1/s1. The van der Waals surface area contributed by atoms with Gasteiger partial charge in [-0.2, -0.15) is 0 Å². The average molecular weight is 335 g/mol. The molecule has 2 heterocycles. The molecule has 0 amide bonds. The summed E-state index contributed by atoms with van der Waals surface area (Å²) in [5.74, 6) is -0.797. The Morgan fingerprint density at radius 3 is 2.75 bits per heavy atom. The molecular formula is C16H21N3O5. The number of aliphatic hydroxyl groups is 1. The lowest BCUT2D eigenvalue weighted by atomic mass is 9.95. The maximum absolute atomic E-state index is 9.82. The largest absolute Gasteiger partial charge is 0.393 e. The lowest BCUT2D eigenvalue weighted by molar-refractivity contribution is -0.239. The zero-order valence-electron chi connectivity index (χ0n) is 13.7. The van der Waals surface area contributed by atoms with Crippen LogP contribution in [0.5, 0.6) is 0 Å². The topological polar surface area (TPSA) is 106 Å². The number of hydrogen-bond acceptors (Lipinski definition) is 6. The van der Waals surface area contributed by atoms with Crippen LogP contribution < -0.4 is 0 Å². The molecule has 2 aliphatic rings. The first kappa shape index (κ1) is 17.2. The Hall–Kier alpha value is -1.67. The van der Waals surface area contributed by atoms with E-state index >= 15 is 0 Å². The highest BCUT2D eigenvalue weighted by Gasteiger charge is 2.58. The molecule has 0 spiro atoms. The van der Waals surface area contributed by atoms with Crippen molar-refractivity contribution in [1.82, 2.24) is 0 Å². The van der Waals surface area contributed by atoms with Crippen LogP contribution in [0.1, 0.15) is 19.4 Å². The van der Waals surface area contributed by atoms with Gasteiger partial charge in [0.15, 0.2) is 11.5 Å². The van der Waals surface area contributed by atoms with Crippen molar-refractivity contribution >= 4 is 0 Å². The Kier molecular flexibility index (Phi) is 4.78. The van der Waals surface area contributed by atoms with Crippen molar-refractivity contribution < 1.29 is 24.1 Å². The molecule has 4 atom stereocenters. The van der Waals surface area contributed by atoms with E-state index in [1.165, 1.54) is 0 Å². The molecule has 3 rings (SSSR count). The van der Waals surface area contributed by atoms with Gasteiger partial charge < -0.3 is 24.1 Å². The van der Waals surface area contributed by atoms with Gasteiger partial charge in [0.1, 0.15) is 18.3 Å². The van der Waals surface area contributed by atoms with Crippen LogP contribution in [0.4, 0.5) is 0 Å². The predicted molar refractivity (Wildman–Crippen MR) is 83.8 cm³/mol. The summed E-state index contributed by atoms with van der Waals surface area (Å²) in [6.07, 6.45) is -1.65. The van der Waals surface area contributed by atoms with Crippen LogP contribution in [0.15, 0.2) is 35.4 Å². The van der Waals surface area contributed by atoms with E-state index < -0.39 is 30.3 Å². The molecule has 1 aromatic carbocycles. The van der Waals surface area contributed by atoms with E-state index in [0.29, 0.717) is 0 Å². The van der Waals surface area contributed by atoms with Crippen LogP contribution in [-0.2, 0) is 25.6 Å². The summed E-state index contributed by atoms with van der Waals surface area (Å²) in [6.45, 7) is 3.51. The van der Waals surface area contributed by atoms with E-state index in [1.807, 2.05) is 30.3 Å². The van der Waals surface area contributed by atoms with Gasteiger partial charge in [-0.1, -0.05) is 35.4 Å². The lowest BCUT2D eigenvalue weighted by Gasteiger charge is -2.43. The summed E-state index contributed by atoms with van der Waals surface area (Å²) >= 11 is 0. The Labute approximate surface area is 139 Å². The lowest BCUT2D eigenvalue weighted by Crippen LogP contribution is -2.61. The third kappa shape index (κ3) is 3.25. The number of fused-ring (bicyclic) bond motifs is 1. The number of benzene rings is 1. The highest BCUT2D eigenvalue weighted by Crippen LogP contribution is 2.40. The van der Waals surface area contributed by atoms with Crippen LogP contribution >= 0.6 is 0 Å². The summed E-state index contributed by atoms with van der Waals surface area (Å²) in [6, 6.07) is 9.57. The van der Waals surface area contributed by atoms with Crippen LogP contribution in [-0.4, -0.2) is 48.1 Å². The third-order valence-electron chi connectivity index (χ3n) is 4.17. The molecule has 2 saturated heterocycles. The molecule has 1 aromatic rings. The molecule has 0 radical (unpaired) electrons.